The van der Waals surface area contributed by atoms with Gasteiger partial charge in [-0.3, -0.25) is 4.55 Å². The highest BCUT2D eigenvalue weighted by Gasteiger charge is 1.81. The molecule has 0 radical (unpaired) electrons. The molecule has 0 saturated carbocycles. The van der Waals surface area contributed by atoms with Gasteiger partial charge in [0.25, 0.3) is 0 Å². The Morgan fingerprint density at radius 3 is 1.50 bits per heavy atom. The van der Waals surface area contributed by atoms with Gasteiger partial charge in [0.1, 0.15) is 0 Å². The molecule has 0 rings (SSSR count). The normalized spacial score (nSPS) is 9.67. The highest BCUT2D eigenvalue weighted by Crippen LogP contribution is 1.50. The van der Waals surface area contributed by atoms with Gasteiger partial charge in [0.15, 0.2) is 0 Å². The van der Waals surface area contributed by atoms with Crippen LogP contribution in [0.2, 0.25) is 0 Å². The van der Waals surface area contributed by atoms with Crippen molar-refractivity contribution in [2.45, 2.75) is 0 Å². The van der Waals surface area contributed by atoms with E-state index in [2.05, 4.69) is 5.14 Å². The lowest BCUT2D eigenvalue weighted by atomic mass is 13.9. The van der Waals surface area contributed by atoms with E-state index < -0.39 is 10.3 Å². The van der Waals surface area contributed by atoms with E-state index in [4.69, 9.17) is 13.0 Å². The molecule has 0 atom stereocenters. The Kier molecular flexibility index (Phi) is 3.72. The molecule has 4 nitrogen and oxygen atoms in total. The largest absolute Gasteiger partial charge is 0.330 e. The molecule has 3 N–H and O–H groups in total. The summed E-state index contributed by atoms with van der Waals surface area (Å²) >= 11 is 0. The summed E-state index contributed by atoms with van der Waals surface area (Å²) in [7, 11) is -4.17. The van der Waals surface area contributed by atoms with Crippen LogP contribution in [0, 0.1) is 0 Å². The van der Waals surface area contributed by atoms with Gasteiger partial charge in [-0.15, -0.1) is 12.4 Å². The van der Waals surface area contributed by atoms with Crippen molar-refractivity contribution in [2.75, 3.05) is 0 Å². The lowest BCUT2D eigenvalue weighted by Gasteiger charge is -1.70. The second-order valence-corrected chi connectivity index (χ2v) is 1.54. The van der Waals surface area contributed by atoms with Gasteiger partial charge in [0.2, 0.25) is 0 Å². The molecule has 0 spiro atoms. The summed E-state index contributed by atoms with van der Waals surface area (Å²) in [5, 5.41) is 3.88. The first-order valence-electron chi connectivity index (χ1n) is 0.752. The minimum Gasteiger partial charge on any atom is -0.274 e. The Morgan fingerprint density at radius 1 is 1.50 bits per heavy atom. The number of nitrogens with two attached hydrogens (primary N) is 1. The smallest absolute Gasteiger partial charge is 0.274 e. The standard InChI is InChI=1S/ClH.H3NO3S/c;1-5(2,3)4/h1H;(H3,1,2,3,4). The predicted molar refractivity (Wildman–Crippen MR) is 23.0 cm³/mol. The van der Waals surface area contributed by atoms with Gasteiger partial charge in [0, 0.05) is 0 Å². The topological polar surface area (TPSA) is 80.4 Å². The van der Waals surface area contributed by atoms with Gasteiger partial charge in [0.05, 0.1) is 0 Å². The summed E-state index contributed by atoms with van der Waals surface area (Å²) in [5.41, 5.74) is 0. The van der Waals surface area contributed by atoms with Gasteiger partial charge >= 0.3 is 10.3 Å². The van der Waals surface area contributed by atoms with E-state index in [9.17, 15) is 0 Å². The number of hydrogen-bond acceptors (Lipinski definition) is 2. The third-order valence-corrected chi connectivity index (χ3v) is 0. The van der Waals surface area contributed by atoms with Crippen LogP contribution in [0.3, 0.4) is 0 Å². The van der Waals surface area contributed by atoms with Crippen LogP contribution in [0.4, 0.5) is 0 Å². The highest BCUT2D eigenvalue weighted by atomic mass is 35.5. The van der Waals surface area contributed by atoms with Crippen molar-refractivity contribution in [1.29, 1.82) is 0 Å². The molecule has 0 amide bonds. The third-order valence-electron chi connectivity index (χ3n) is 0. The summed E-state index contributed by atoms with van der Waals surface area (Å²) in [6.07, 6.45) is 0. The molecule has 0 aromatic rings. The molecule has 0 fully saturated rings. The van der Waals surface area contributed by atoms with E-state index >= 15 is 0 Å². The van der Waals surface area contributed by atoms with Crippen molar-refractivity contribution in [1.82, 2.24) is 0 Å². The van der Waals surface area contributed by atoms with Crippen LogP contribution >= 0.6 is 12.4 Å². The predicted octanol–water partition coefficient (Wildman–Crippen LogP) is -0.830. The summed E-state index contributed by atoms with van der Waals surface area (Å²) < 4.78 is 25.2. The molecule has 0 saturated heterocycles. The van der Waals surface area contributed by atoms with Crippen LogP contribution in [0.5, 0.6) is 0 Å². The molecule has 6 heavy (non-hydrogen) atoms. The maximum atomic E-state index is 8.97. The van der Waals surface area contributed by atoms with Crippen LogP contribution in [0.25, 0.3) is 0 Å². The number of rotatable bonds is 0. The zero-order chi connectivity index (χ0) is 4.50. The van der Waals surface area contributed by atoms with E-state index in [-0.39, 0.29) is 12.4 Å². The molecular weight excluding hydrogens is 130 g/mol. The molecule has 40 valence electrons. The van der Waals surface area contributed by atoms with Gasteiger partial charge < -0.3 is 0 Å². The van der Waals surface area contributed by atoms with E-state index in [1.807, 2.05) is 0 Å². The highest BCUT2D eigenvalue weighted by molar-refractivity contribution is 7.83. The van der Waals surface area contributed by atoms with E-state index in [1.54, 1.807) is 0 Å². The number of halogens is 1. The molecule has 0 bridgehead atoms. The third kappa shape index (κ3) is 1620. The number of hydrogen-bond donors (Lipinski definition) is 2. The molecule has 0 heterocycles. The average molecular weight is 134 g/mol. The van der Waals surface area contributed by atoms with Crippen molar-refractivity contribution in [3.8, 4) is 0 Å². The summed E-state index contributed by atoms with van der Waals surface area (Å²) in [6, 6.07) is 0. The summed E-state index contributed by atoms with van der Waals surface area (Å²) in [4.78, 5) is 0. The first-order chi connectivity index (χ1) is 2.00. The zero-order valence-electron chi connectivity index (χ0n) is 2.66. The van der Waals surface area contributed by atoms with Crippen LogP contribution in [0.1, 0.15) is 0 Å². The van der Waals surface area contributed by atoms with Gasteiger partial charge in [-0.05, 0) is 0 Å². The molecule has 0 aromatic heterocycles. The fourth-order valence-electron chi connectivity index (χ4n) is 0. The first-order valence-corrected chi connectivity index (χ1v) is 2.25. The molecule has 0 aliphatic heterocycles. The second kappa shape index (κ2) is 2.35. The Hall–Kier alpha value is 0.160. The Balaban J connectivity index is 0. The van der Waals surface area contributed by atoms with Crippen LogP contribution in [-0.4, -0.2) is 13.0 Å². The van der Waals surface area contributed by atoms with Crippen molar-refractivity contribution in [2.24, 2.45) is 5.14 Å². The molecule has 0 aliphatic rings. The monoisotopic (exact) mass is 133 g/mol. The minimum absolute atomic E-state index is 0. The summed E-state index contributed by atoms with van der Waals surface area (Å²) in [5.74, 6) is 0. The minimum atomic E-state index is -4.17. The Morgan fingerprint density at radius 2 is 1.50 bits per heavy atom. The van der Waals surface area contributed by atoms with Gasteiger partial charge in [-0.2, -0.15) is 8.42 Å². The molecule has 0 unspecified atom stereocenters. The average Bonchev–Trinajstić information content (AvgIpc) is 0.722. The lowest BCUT2D eigenvalue weighted by molar-refractivity contribution is 0.485. The van der Waals surface area contributed by atoms with Crippen LogP contribution in [-0.2, 0) is 10.3 Å². The van der Waals surface area contributed by atoms with Gasteiger partial charge in [-0.25, -0.2) is 5.14 Å². The quantitative estimate of drug-likeness (QED) is 0.424. The van der Waals surface area contributed by atoms with Crippen molar-refractivity contribution in [3.63, 3.8) is 0 Å². The Labute approximate surface area is 41.6 Å². The maximum Gasteiger partial charge on any atom is 0.330 e. The van der Waals surface area contributed by atoms with Crippen molar-refractivity contribution >= 4 is 22.7 Å². The molecule has 6 heteroatoms. The molecular formula is H4ClNO3S. The van der Waals surface area contributed by atoms with Crippen LogP contribution in [0.15, 0.2) is 0 Å². The Bertz CT molecular complexity index is 94.0. The fraction of sp³-hybridized carbons (Fsp3) is 0. The zero-order valence-corrected chi connectivity index (χ0v) is 4.29. The van der Waals surface area contributed by atoms with E-state index in [0.29, 0.717) is 0 Å². The first kappa shape index (κ1) is 9.48. The maximum absolute atomic E-state index is 8.97. The fourth-order valence-corrected chi connectivity index (χ4v) is 0. The molecule has 0 aromatic carbocycles. The second-order valence-electron chi connectivity index (χ2n) is 0.515. The van der Waals surface area contributed by atoms with Crippen LogP contribution < -0.4 is 5.14 Å². The van der Waals surface area contributed by atoms with Gasteiger partial charge in [-0.1, -0.05) is 0 Å². The SMILES string of the molecule is Cl.NS(=O)(=O)O. The lowest BCUT2D eigenvalue weighted by Crippen LogP contribution is -2.08. The van der Waals surface area contributed by atoms with E-state index in [0.717, 1.165) is 0 Å². The van der Waals surface area contributed by atoms with E-state index in [1.165, 1.54) is 0 Å². The van der Waals surface area contributed by atoms with Crippen molar-refractivity contribution < 1.29 is 13.0 Å². The molecule has 0 aliphatic carbocycles. The van der Waals surface area contributed by atoms with Crippen molar-refractivity contribution in [3.05, 3.63) is 0 Å². The summed E-state index contributed by atoms with van der Waals surface area (Å²) in [6.45, 7) is 0.